The topological polar surface area (TPSA) is 67.8 Å². The van der Waals surface area contributed by atoms with Crippen LogP contribution in [0.1, 0.15) is 24.0 Å². The van der Waals surface area contributed by atoms with Crippen molar-refractivity contribution in [2.24, 2.45) is 0 Å². The van der Waals surface area contributed by atoms with Crippen LogP contribution in [0.4, 0.5) is 0 Å². The number of nitrogens with one attached hydrogen (secondary N) is 1. The minimum absolute atomic E-state index is 0.132. The molecule has 1 fully saturated rings. The number of amides is 1. The van der Waals surface area contributed by atoms with Crippen LogP contribution >= 0.6 is 0 Å². The summed E-state index contributed by atoms with van der Waals surface area (Å²) in [6, 6.07) is 14.8. The Morgan fingerprint density at radius 2 is 1.81 bits per heavy atom. The number of benzene rings is 2. The van der Waals surface area contributed by atoms with Crippen molar-refractivity contribution in [1.29, 1.82) is 0 Å². The molecule has 2 aromatic rings. The number of phenols is 1. The SMILES string of the molecule is COc1ccc(C2(CNC(=O)/C=C/c3ccc(O)cc3)CCOCC2)cc1. The molecule has 1 aliphatic heterocycles. The molecule has 5 nitrogen and oxygen atoms in total. The summed E-state index contributed by atoms with van der Waals surface area (Å²) in [5.41, 5.74) is 1.92. The van der Waals surface area contributed by atoms with Crippen LogP contribution in [0, 0.1) is 0 Å². The molecule has 5 heteroatoms. The first-order valence-corrected chi connectivity index (χ1v) is 9.09. The first-order valence-electron chi connectivity index (χ1n) is 9.09. The number of phenolic OH excluding ortho intramolecular Hbond substituents is 1. The number of hydrogen-bond donors (Lipinski definition) is 2. The van der Waals surface area contributed by atoms with E-state index in [1.807, 2.05) is 12.1 Å². The Morgan fingerprint density at radius 1 is 1.15 bits per heavy atom. The van der Waals surface area contributed by atoms with Crippen molar-refractivity contribution in [2.75, 3.05) is 26.9 Å². The molecule has 0 atom stereocenters. The summed E-state index contributed by atoms with van der Waals surface area (Å²) in [7, 11) is 1.65. The third-order valence-electron chi connectivity index (χ3n) is 5.07. The Morgan fingerprint density at radius 3 is 2.44 bits per heavy atom. The van der Waals surface area contributed by atoms with Gasteiger partial charge in [0.2, 0.25) is 5.91 Å². The molecule has 0 radical (unpaired) electrons. The van der Waals surface area contributed by atoms with Crippen molar-refractivity contribution >= 4 is 12.0 Å². The summed E-state index contributed by atoms with van der Waals surface area (Å²) in [5, 5.41) is 12.4. The third-order valence-corrected chi connectivity index (χ3v) is 5.07. The highest BCUT2D eigenvalue weighted by Crippen LogP contribution is 2.35. The van der Waals surface area contributed by atoms with Crippen molar-refractivity contribution in [2.45, 2.75) is 18.3 Å². The summed E-state index contributed by atoms with van der Waals surface area (Å²) in [4.78, 5) is 12.3. The molecule has 1 heterocycles. The fourth-order valence-corrected chi connectivity index (χ4v) is 3.35. The van der Waals surface area contributed by atoms with E-state index in [4.69, 9.17) is 9.47 Å². The maximum Gasteiger partial charge on any atom is 0.244 e. The zero-order chi connectivity index (χ0) is 19.1. The largest absolute Gasteiger partial charge is 0.508 e. The Hall–Kier alpha value is -2.79. The molecule has 0 spiro atoms. The number of hydrogen-bond acceptors (Lipinski definition) is 4. The molecule has 0 aromatic heterocycles. The van der Waals surface area contributed by atoms with E-state index in [1.54, 1.807) is 37.5 Å². The maximum atomic E-state index is 12.3. The number of carbonyl (C=O) groups is 1. The van der Waals surface area contributed by atoms with Crippen molar-refractivity contribution in [3.8, 4) is 11.5 Å². The van der Waals surface area contributed by atoms with Crippen LogP contribution in [-0.4, -0.2) is 37.9 Å². The average molecular weight is 367 g/mol. The van der Waals surface area contributed by atoms with Gasteiger partial charge in [0, 0.05) is 31.2 Å². The van der Waals surface area contributed by atoms with E-state index in [9.17, 15) is 9.90 Å². The Kier molecular flexibility index (Phi) is 6.14. The zero-order valence-corrected chi connectivity index (χ0v) is 15.5. The Bertz CT molecular complexity index is 775. The fraction of sp³-hybridized carbons (Fsp3) is 0.318. The average Bonchev–Trinajstić information content (AvgIpc) is 2.72. The monoisotopic (exact) mass is 367 g/mol. The van der Waals surface area contributed by atoms with Crippen molar-refractivity contribution in [3.05, 3.63) is 65.7 Å². The molecule has 0 unspecified atom stereocenters. The van der Waals surface area contributed by atoms with Crippen LogP contribution < -0.4 is 10.1 Å². The molecule has 3 rings (SSSR count). The van der Waals surface area contributed by atoms with Crippen LogP contribution in [0.2, 0.25) is 0 Å². The molecule has 142 valence electrons. The van der Waals surface area contributed by atoms with Crippen LogP contribution in [0.25, 0.3) is 6.08 Å². The molecule has 2 aromatic carbocycles. The lowest BCUT2D eigenvalue weighted by Gasteiger charge is -2.38. The van der Waals surface area contributed by atoms with Gasteiger partial charge in [-0.25, -0.2) is 0 Å². The second-order valence-corrected chi connectivity index (χ2v) is 6.76. The molecule has 1 amide bonds. The van der Waals surface area contributed by atoms with Gasteiger partial charge < -0.3 is 19.9 Å². The lowest BCUT2D eigenvalue weighted by atomic mass is 9.74. The normalized spacial score (nSPS) is 16.2. The number of methoxy groups -OCH3 is 1. The number of ether oxygens (including phenoxy) is 2. The van der Waals surface area contributed by atoms with Gasteiger partial charge in [-0.15, -0.1) is 0 Å². The van der Waals surface area contributed by atoms with Crippen molar-refractivity contribution in [3.63, 3.8) is 0 Å². The molecular weight excluding hydrogens is 342 g/mol. The van der Waals surface area contributed by atoms with Gasteiger partial charge >= 0.3 is 0 Å². The van der Waals surface area contributed by atoms with E-state index in [0.717, 1.165) is 24.2 Å². The lowest BCUT2D eigenvalue weighted by Crippen LogP contribution is -2.44. The number of rotatable bonds is 6. The highest BCUT2D eigenvalue weighted by molar-refractivity contribution is 5.91. The van der Waals surface area contributed by atoms with Crippen LogP contribution in [-0.2, 0) is 14.9 Å². The molecule has 0 aliphatic carbocycles. The predicted molar refractivity (Wildman–Crippen MR) is 105 cm³/mol. The van der Waals surface area contributed by atoms with E-state index in [0.29, 0.717) is 19.8 Å². The third kappa shape index (κ3) is 4.89. The fourth-order valence-electron chi connectivity index (χ4n) is 3.35. The van der Waals surface area contributed by atoms with Crippen LogP contribution in [0.3, 0.4) is 0 Å². The van der Waals surface area contributed by atoms with Gasteiger partial charge in [-0.3, -0.25) is 4.79 Å². The van der Waals surface area contributed by atoms with Gasteiger partial charge in [-0.2, -0.15) is 0 Å². The van der Waals surface area contributed by atoms with Crippen molar-refractivity contribution < 1.29 is 19.4 Å². The second kappa shape index (κ2) is 8.73. The summed E-state index contributed by atoms with van der Waals surface area (Å²) >= 11 is 0. The van der Waals surface area contributed by atoms with E-state index in [2.05, 4.69) is 17.4 Å². The molecule has 0 bridgehead atoms. The van der Waals surface area contributed by atoms with Gasteiger partial charge in [0.25, 0.3) is 0 Å². The van der Waals surface area contributed by atoms with Gasteiger partial charge in [0.05, 0.1) is 7.11 Å². The molecule has 1 saturated heterocycles. The maximum absolute atomic E-state index is 12.3. The highest BCUT2D eigenvalue weighted by Gasteiger charge is 2.34. The van der Waals surface area contributed by atoms with E-state index in [1.165, 1.54) is 11.6 Å². The molecular formula is C22H25NO4. The summed E-state index contributed by atoms with van der Waals surface area (Å²) in [5.74, 6) is 0.891. The minimum atomic E-state index is -0.137. The van der Waals surface area contributed by atoms with E-state index >= 15 is 0 Å². The lowest BCUT2D eigenvalue weighted by molar-refractivity contribution is -0.116. The number of aromatic hydroxyl groups is 1. The quantitative estimate of drug-likeness (QED) is 0.769. The van der Waals surface area contributed by atoms with Gasteiger partial charge in [0.1, 0.15) is 11.5 Å². The van der Waals surface area contributed by atoms with Gasteiger partial charge in [0.15, 0.2) is 0 Å². The second-order valence-electron chi connectivity index (χ2n) is 6.76. The molecule has 0 saturated carbocycles. The number of carbonyl (C=O) groups excluding carboxylic acids is 1. The van der Waals surface area contributed by atoms with E-state index < -0.39 is 0 Å². The summed E-state index contributed by atoms with van der Waals surface area (Å²) in [6.45, 7) is 1.93. The molecule has 27 heavy (non-hydrogen) atoms. The van der Waals surface area contributed by atoms with Crippen LogP contribution in [0.5, 0.6) is 11.5 Å². The first kappa shape index (κ1) is 19.0. The zero-order valence-electron chi connectivity index (χ0n) is 15.5. The first-order chi connectivity index (χ1) is 13.1. The standard InChI is InChI=1S/C22H25NO4/c1-26-20-9-5-18(6-10-20)22(12-14-27-15-13-22)16-23-21(25)11-4-17-2-7-19(24)8-3-17/h2-11,24H,12-16H2,1H3,(H,23,25)/b11-4+. The van der Waals surface area contributed by atoms with Gasteiger partial charge in [-0.05, 0) is 54.3 Å². The Balaban J connectivity index is 1.67. The molecule has 1 aliphatic rings. The Labute approximate surface area is 159 Å². The minimum Gasteiger partial charge on any atom is -0.508 e. The van der Waals surface area contributed by atoms with E-state index in [-0.39, 0.29) is 17.1 Å². The molecule has 2 N–H and O–H groups in total. The van der Waals surface area contributed by atoms with Crippen molar-refractivity contribution in [1.82, 2.24) is 5.32 Å². The van der Waals surface area contributed by atoms with Gasteiger partial charge in [-0.1, -0.05) is 24.3 Å². The smallest absolute Gasteiger partial charge is 0.244 e. The summed E-state index contributed by atoms with van der Waals surface area (Å²) < 4.78 is 10.8. The predicted octanol–water partition coefficient (Wildman–Crippen LogP) is 3.28. The highest BCUT2D eigenvalue weighted by atomic mass is 16.5. The van der Waals surface area contributed by atoms with Crippen LogP contribution in [0.15, 0.2) is 54.6 Å². The summed E-state index contributed by atoms with van der Waals surface area (Å²) in [6.07, 6.45) is 4.98.